The zero-order valence-corrected chi connectivity index (χ0v) is 13.2. The number of nitrogens with one attached hydrogen (secondary N) is 1. The van der Waals surface area contributed by atoms with E-state index in [1.165, 1.54) is 18.2 Å². The van der Waals surface area contributed by atoms with Crippen molar-refractivity contribution < 1.29 is 17.6 Å². The van der Waals surface area contributed by atoms with E-state index in [0.717, 1.165) is 6.42 Å². The molecule has 0 radical (unpaired) electrons. The fourth-order valence-corrected chi connectivity index (χ4v) is 3.11. The summed E-state index contributed by atoms with van der Waals surface area (Å²) in [7, 11) is -3.49. The SMILES string of the molecule is CC(C)CCNC(=O)CCS(=O)(=O)Cc1ccccc1F. The van der Waals surface area contributed by atoms with Gasteiger partial charge < -0.3 is 5.32 Å². The maximum absolute atomic E-state index is 13.4. The maximum atomic E-state index is 13.4. The lowest BCUT2D eigenvalue weighted by Gasteiger charge is -2.08. The predicted octanol–water partition coefficient (Wildman–Crippen LogP) is 2.29. The van der Waals surface area contributed by atoms with Gasteiger partial charge in [0.25, 0.3) is 0 Å². The summed E-state index contributed by atoms with van der Waals surface area (Å²) in [5.74, 6) is -0.987. The number of hydrogen-bond donors (Lipinski definition) is 1. The number of benzene rings is 1. The Balaban J connectivity index is 2.43. The molecular weight excluding hydrogens is 293 g/mol. The Bertz CT molecular complexity index is 570. The van der Waals surface area contributed by atoms with E-state index in [-0.39, 0.29) is 29.4 Å². The van der Waals surface area contributed by atoms with Gasteiger partial charge in [-0.15, -0.1) is 0 Å². The van der Waals surface area contributed by atoms with Gasteiger partial charge >= 0.3 is 0 Å². The van der Waals surface area contributed by atoms with E-state index >= 15 is 0 Å². The lowest BCUT2D eigenvalue weighted by Crippen LogP contribution is -2.27. The van der Waals surface area contributed by atoms with Crippen molar-refractivity contribution in [3.8, 4) is 0 Å². The molecule has 0 fully saturated rings. The van der Waals surface area contributed by atoms with Crippen LogP contribution in [0, 0.1) is 11.7 Å². The van der Waals surface area contributed by atoms with Gasteiger partial charge in [-0.3, -0.25) is 4.79 Å². The summed E-state index contributed by atoms with van der Waals surface area (Å²) in [5, 5.41) is 2.68. The highest BCUT2D eigenvalue weighted by Gasteiger charge is 2.16. The molecule has 0 aliphatic heterocycles. The van der Waals surface area contributed by atoms with E-state index in [1.807, 2.05) is 13.8 Å². The Kier molecular flexibility index (Phi) is 6.81. The first-order valence-corrected chi connectivity index (χ1v) is 8.83. The minimum atomic E-state index is -3.49. The van der Waals surface area contributed by atoms with Crippen molar-refractivity contribution >= 4 is 15.7 Å². The third-order valence-electron chi connectivity index (χ3n) is 3.02. The number of halogens is 1. The molecule has 0 saturated carbocycles. The van der Waals surface area contributed by atoms with Crippen molar-refractivity contribution in [2.24, 2.45) is 5.92 Å². The molecule has 1 rings (SSSR count). The highest BCUT2D eigenvalue weighted by molar-refractivity contribution is 7.90. The highest BCUT2D eigenvalue weighted by Crippen LogP contribution is 2.11. The molecule has 6 heteroatoms. The molecule has 0 saturated heterocycles. The molecule has 0 bridgehead atoms. The lowest BCUT2D eigenvalue weighted by atomic mass is 10.1. The second kappa shape index (κ2) is 8.12. The topological polar surface area (TPSA) is 63.2 Å². The van der Waals surface area contributed by atoms with E-state index in [9.17, 15) is 17.6 Å². The summed E-state index contributed by atoms with van der Waals surface area (Å²) >= 11 is 0. The van der Waals surface area contributed by atoms with Crippen molar-refractivity contribution in [3.05, 3.63) is 35.6 Å². The van der Waals surface area contributed by atoms with Crippen LogP contribution in [-0.2, 0) is 20.4 Å². The van der Waals surface area contributed by atoms with E-state index < -0.39 is 15.7 Å². The van der Waals surface area contributed by atoms with Crippen molar-refractivity contribution in [3.63, 3.8) is 0 Å². The fourth-order valence-electron chi connectivity index (χ4n) is 1.76. The standard InChI is InChI=1S/C15H22FNO3S/c1-12(2)7-9-17-15(18)8-10-21(19,20)11-13-5-3-4-6-14(13)16/h3-6,12H,7-11H2,1-2H3,(H,17,18). The third-order valence-corrected chi connectivity index (χ3v) is 4.59. The van der Waals surface area contributed by atoms with Crippen LogP contribution in [0.5, 0.6) is 0 Å². The summed E-state index contributed by atoms with van der Waals surface area (Å²) in [6.45, 7) is 4.64. The Labute approximate surface area is 125 Å². The van der Waals surface area contributed by atoms with Gasteiger partial charge in [0.15, 0.2) is 9.84 Å². The van der Waals surface area contributed by atoms with Crippen LogP contribution in [0.15, 0.2) is 24.3 Å². The molecule has 1 amide bonds. The summed E-state index contributed by atoms with van der Waals surface area (Å²) in [5.41, 5.74) is 0.137. The Morgan fingerprint density at radius 3 is 2.57 bits per heavy atom. The quantitative estimate of drug-likeness (QED) is 0.800. The van der Waals surface area contributed by atoms with Crippen LogP contribution in [0.3, 0.4) is 0 Å². The first-order valence-electron chi connectivity index (χ1n) is 7.00. The fraction of sp³-hybridized carbons (Fsp3) is 0.533. The average molecular weight is 315 g/mol. The molecule has 118 valence electrons. The van der Waals surface area contributed by atoms with Crippen LogP contribution in [0.2, 0.25) is 0 Å². The average Bonchev–Trinajstić information content (AvgIpc) is 2.39. The van der Waals surface area contributed by atoms with Crippen molar-refractivity contribution in [2.45, 2.75) is 32.4 Å². The zero-order chi connectivity index (χ0) is 15.9. The molecule has 0 heterocycles. The van der Waals surface area contributed by atoms with Gasteiger partial charge in [-0.2, -0.15) is 0 Å². The molecule has 0 aliphatic carbocycles. The predicted molar refractivity (Wildman–Crippen MR) is 81.0 cm³/mol. The molecule has 1 aromatic rings. The highest BCUT2D eigenvalue weighted by atomic mass is 32.2. The largest absolute Gasteiger partial charge is 0.356 e. The van der Waals surface area contributed by atoms with Crippen LogP contribution in [0.4, 0.5) is 4.39 Å². The summed E-state index contributed by atoms with van der Waals surface area (Å²) in [6.07, 6.45) is 0.766. The number of amides is 1. The Morgan fingerprint density at radius 1 is 1.29 bits per heavy atom. The zero-order valence-electron chi connectivity index (χ0n) is 12.4. The molecule has 21 heavy (non-hydrogen) atoms. The molecule has 0 aliphatic rings. The van der Waals surface area contributed by atoms with Crippen molar-refractivity contribution in [2.75, 3.05) is 12.3 Å². The van der Waals surface area contributed by atoms with Gasteiger partial charge in [-0.05, 0) is 18.4 Å². The molecule has 0 atom stereocenters. The van der Waals surface area contributed by atoms with E-state index in [2.05, 4.69) is 5.32 Å². The van der Waals surface area contributed by atoms with Gasteiger partial charge in [0, 0.05) is 18.5 Å². The summed E-state index contributed by atoms with van der Waals surface area (Å²) < 4.78 is 37.2. The summed E-state index contributed by atoms with van der Waals surface area (Å²) in [4.78, 5) is 11.5. The molecular formula is C15H22FNO3S. The van der Waals surface area contributed by atoms with E-state index in [4.69, 9.17) is 0 Å². The second-order valence-corrected chi connectivity index (χ2v) is 7.65. The number of hydrogen-bond acceptors (Lipinski definition) is 3. The van der Waals surface area contributed by atoms with Crippen molar-refractivity contribution in [1.82, 2.24) is 5.32 Å². The van der Waals surface area contributed by atoms with Crippen LogP contribution >= 0.6 is 0 Å². The minimum Gasteiger partial charge on any atom is -0.356 e. The second-order valence-electron chi connectivity index (χ2n) is 5.47. The normalized spacial score (nSPS) is 11.6. The van der Waals surface area contributed by atoms with Gasteiger partial charge in [0.05, 0.1) is 11.5 Å². The smallest absolute Gasteiger partial charge is 0.221 e. The third kappa shape index (κ3) is 7.22. The molecule has 1 N–H and O–H groups in total. The van der Waals surface area contributed by atoms with Crippen LogP contribution < -0.4 is 5.32 Å². The van der Waals surface area contributed by atoms with Crippen LogP contribution in [0.1, 0.15) is 32.3 Å². The van der Waals surface area contributed by atoms with Gasteiger partial charge in [0.2, 0.25) is 5.91 Å². The molecule has 0 unspecified atom stereocenters. The van der Waals surface area contributed by atoms with Gasteiger partial charge in [-0.1, -0.05) is 32.0 Å². The van der Waals surface area contributed by atoms with Crippen molar-refractivity contribution in [1.29, 1.82) is 0 Å². The minimum absolute atomic E-state index is 0.0884. The summed E-state index contributed by atoms with van der Waals surface area (Å²) in [6, 6.07) is 5.76. The molecule has 1 aromatic carbocycles. The van der Waals surface area contributed by atoms with Crippen LogP contribution in [0.25, 0.3) is 0 Å². The Hall–Kier alpha value is -1.43. The lowest BCUT2D eigenvalue weighted by molar-refractivity contribution is -0.120. The van der Waals surface area contributed by atoms with E-state index in [0.29, 0.717) is 12.5 Å². The van der Waals surface area contributed by atoms with E-state index in [1.54, 1.807) is 6.07 Å². The molecule has 4 nitrogen and oxygen atoms in total. The number of carbonyl (C=O) groups excluding carboxylic acids is 1. The first kappa shape index (κ1) is 17.6. The number of carbonyl (C=O) groups is 1. The van der Waals surface area contributed by atoms with Gasteiger partial charge in [-0.25, -0.2) is 12.8 Å². The van der Waals surface area contributed by atoms with Crippen LogP contribution in [-0.4, -0.2) is 26.6 Å². The monoisotopic (exact) mass is 315 g/mol. The first-order chi connectivity index (χ1) is 9.80. The maximum Gasteiger partial charge on any atom is 0.221 e. The number of rotatable bonds is 8. The van der Waals surface area contributed by atoms with Gasteiger partial charge in [0.1, 0.15) is 5.82 Å². The number of sulfone groups is 1. The Morgan fingerprint density at radius 2 is 1.95 bits per heavy atom. The molecule has 0 aromatic heterocycles. The molecule has 0 spiro atoms.